The van der Waals surface area contributed by atoms with Gasteiger partial charge in [0.25, 0.3) is 5.91 Å². The molecule has 2 aromatic heterocycles. The smallest absolute Gasteiger partial charge is 0.252 e. The summed E-state index contributed by atoms with van der Waals surface area (Å²) in [6.07, 6.45) is 6.42. The molecule has 1 fully saturated rings. The van der Waals surface area contributed by atoms with Crippen LogP contribution in [0.25, 0.3) is 0 Å². The number of rotatable bonds is 5. The lowest BCUT2D eigenvalue weighted by Crippen LogP contribution is -2.36. The van der Waals surface area contributed by atoms with Crippen LogP contribution in [-0.2, 0) is 7.05 Å². The average molecular weight is 343 g/mol. The van der Waals surface area contributed by atoms with Gasteiger partial charge in [-0.2, -0.15) is 0 Å². The summed E-state index contributed by atoms with van der Waals surface area (Å²) in [6.45, 7) is 4.16. The molecule has 0 radical (unpaired) electrons. The van der Waals surface area contributed by atoms with Crippen LogP contribution in [-0.4, -0.2) is 45.2 Å². The number of carbonyl (C=O) groups excluding carboxylic acids is 1. The number of hydrogen-bond donors (Lipinski definition) is 2. The van der Waals surface area contributed by atoms with Gasteiger partial charge in [-0.15, -0.1) is 0 Å². The van der Waals surface area contributed by atoms with Crippen LogP contribution in [0.2, 0.25) is 0 Å². The fourth-order valence-corrected chi connectivity index (χ4v) is 3.29. The van der Waals surface area contributed by atoms with Gasteiger partial charge < -0.3 is 19.9 Å². The number of hydrogen-bond acceptors (Lipinski definition) is 5. The Bertz CT molecular complexity index is 705. The molecule has 7 heteroatoms. The Morgan fingerprint density at radius 2 is 2.12 bits per heavy atom. The summed E-state index contributed by atoms with van der Waals surface area (Å²) in [4.78, 5) is 22.7. The SMILES string of the molecule is CCNC(=O)c1ccc(N2CCC(C(O)c3nccn3C)CC2)nc1. The van der Waals surface area contributed by atoms with Crippen LogP contribution in [0.1, 0.15) is 42.1 Å². The molecule has 0 aliphatic carbocycles. The number of aliphatic hydroxyl groups excluding tert-OH is 1. The Kier molecular flexibility index (Phi) is 5.33. The molecule has 2 N–H and O–H groups in total. The predicted octanol–water partition coefficient (Wildman–Crippen LogP) is 1.51. The van der Waals surface area contributed by atoms with Crippen LogP contribution in [0, 0.1) is 5.92 Å². The number of piperidine rings is 1. The van der Waals surface area contributed by atoms with E-state index in [0.29, 0.717) is 12.1 Å². The van der Waals surface area contributed by atoms with E-state index in [0.717, 1.165) is 37.6 Å². The van der Waals surface area contributed by atoms with Crippen molar-refractivity contribution in [3.8, 4) is 0 Å². The summed E-state index contributed by atoms with van der Waals surface area (Å²) >= 11 is 0. The van der Waals surface area contributed by atoms with Crippen molar-refractivity contribution in [2.75, 3.05) is 24.5 Å². The van der Waals surface area contributed by atoms with E-state index in [1.807, 2.05) is 36.9 Å². The van der Waals surface area contributed by atoms with Crippen molar-refractivity contribution in [3.05, 3.63) is 42.1 Å². The van der Waals surface area contributed by atoms with Gasteiger partial charge in [0.1, 0.15) is 17.7 Å². The molecule has 0 spiro atoms. The van der Waals surface area contributed by atoms with Crippen LogP contribution in [0.15, 0.2) is 30.7 Å². The van der Waals surface area contributed by atoms with Crippen molar-refractivity contribution in [3.63, 3.8) is 0 Å². The molecule has 0 bridgehead atoms. The third kappa shape index (κ3) is 3.82. The van der Waals surface area contributed by atoms with E-state index < -0.39 is 6.10 Å². The molecule has 2 aromatic rings. The highest BCUT2D eigenvalue weighted by molar-refractivity contribution is 5.93. The highest BCUT2D eigenvalue weighted by Crippen LogP contribution is 2.31. The molecule has 1 atom stereocenters. The first-order chi connectivity index (χ1) is 12.1. The van der Waals surface area contributed by atoms with E-state index in [1.165, 1.54) is 0 Å². The molecular formula is C18H25N5O2. The number of carbonyl (C=O) groups is 1. The minimum atomic E-state index is -0.532. The van der Waals surface area contributed by atoms with Gasteiger partial charge in [-0.1, -0.05) is 0 Å². The van der Waals surface area contributed by atoms with E-state index in [9.17, 15) is 9.90 Å². The molecule has 1 aliphatic heterocycles. The second-order valence-electron chi connectivity index (χ2n) is 6.43. The zero-order valence-corrected chi connectivity index (χ0v) is 14.7. The zero-order valence-electron chi connectivity index (χ0n) is 14.7. The number of aromatic nitrogens is 3. The lowest BCUT2D eigenvalue weighted by Gasteiger charge is -2.34. The normalized spacial score (nSPS) is 16.7. The maximum Gasteiger partial charge on any atom is 0.252 e. The maximum absolute atomic E-state index is 11.8. The van der Waals surface area contributed by atoms with E-state index >= 15 is 0 Å². The van der Waals surface area contributed by atoms with Crippen LogP contribution in [0.3, 0.4) is 0 Å². The molecule has 7 nitrogen and oxygen atoms in total. The monoisotopic (exact) mass is 343 g/mol. The molecule has 3 heterocycles. The van der Waals surface area contributed by atoms with Gasteiger partial charge in [-0.05, 0) is 37.8 Å². The van der Waals surface area contributed by atoms with Crippen molar-refractivity contribution in [2.45, 2.75) is 25.9 Å². The average Bonchev–Trinajstić information content (AvgIpc) is 3.07. The number of pyridine rings is 1. The lowest BCUT2D eigenvalue weighted by molar-refractivity contribution is 0.0824. The Labute approximate surface area is 147 Å². The molecule has 3 rings (SSSR count). The second kappa shape index (κ2) is 7.65. The fourth-order valence-electron chi connectivity index (χ4n) is 3.29. The van der Waals surface area contributed by atoms with Gasteiger partial charge in [0.15, 0.2) is 0 Å². The summed E-state index contributed by atoms with van der Waals surface area (Å²) in [5.74, 6) is 1.70. The number of nitrogens with zero attached hydrogens (tertiary/aromatic N) is 4. The second-order valence-corrected chi connectivity index (χ2v) is 6.43. The minimum Gasteiger partial charge on any atom is -0.385 e. The summed E-state index contributed by atoms with van der Waals surface area (Å²) in [5, 5.41) is 13.3. The fraction of sp³-hybridized carbons (Fsp3) is 0.500. The Hall–Kier alpha value is -2.41. The van der Waals surface area contributed by atoms with E-state index in [-0.39, 0.29) is 11.8 Å². The first kappa shape index (κ1) is 17.4. The minimum absolute atomic E-state index is 0.0987. The third-order valence-electron chi connectivity index (χ3n) is 4.78. The van der Waals surface area contributed by atoms with Gasteiger partial charge in [0.05, 0.1) is 5.56 Å². The first-order valence-electron chi connectivity index (χ1n) is 8.74. The van der Waals surface area contributed by atoms with Crippen LogP contribution in [0.5, 0.6) is 0 Å². The van der Waals surface area contributed by atoms with Crippen molar-refractivity contribution >= 4 is 11.7 Å². The quantitative estimate of drug-likeness (QED) is 0.860. The Morgan fingerprint density at radius 1 is 1.36 bits per heavy atom. The van der Waals surface area contributed by atoms with E-state index in [4.69, 9.17) is 0 Å². The number of anilines is 1. The van der Waals surface area contributed by atoms with Crippen LogP contribution in [0.4, 0.5) is 5.82 Å². The lowest BCUT2D eigenvalue weighted by atomic mass is 9.90. The summed E-state index contributed by atoms with van der Waals surface area (Å²) in [5.41, 5.74) is 0.575. The van der Waals surface area contributed by atoms with Gasteiger partial charge >= 0.3 is 0 Å². The van der Waals surface area contributed by atoms with Gasteiger partial charge in [0, 0.05) is 45.3 Å². The molecule has 25 heavy (non-hydrogen) atoms. The standard InChI is InChI=1S/C18H25N5O2/c1-3-19-18(25)14-4-5-15(21-12-14)23-9-6-13(7-10-23)16(24)17-20-8-11-22(17)2/h4-5,8,11-13,16,24H,3,6-7,9-10H2,1-2H3,(H,19,25). The number of imidazole rings is 1. The molecular weight excluding hydrogens is 318 g/mol. The highest BCUT2D eigenvalue weighted by atomic mass is 16.3. The molecule has 1 unspecified atom stereocenters. The van der Waals surface area contributed by atoms with Crippen molar-refractivity contribution < 1.29 is 9.90 Å². The zero-order chi connectivity index (χ0) is 17.8. The van der Waals surface area contributed by atoms with Gasteiger partial charge in [-0.3, -0.25) is 4.79 Å². The molecule has 134 valence electrons. The van der Waals surface area contributed by atoms with E-state index in [1.54, 1.807) is 12.4 Å². The molecule has 0 aromatic carbocycles. The molecule has 1 aliphatic rings. The molecule has 0 saturated carbocycles. The van der Waals surface area contributed by atoms with Crippen LogP contribution >= 0.6 is 0 Å². The molecule has 1 amide bonds. The summed E-state index contributed by atoms with van der Waals surface area (Å²) in [7, 11) is 1.90. The highest BCUT2D eigenvalue weighted by Gasteiger charge is 2.28. The predicted molar refractivity (Wildman–Crippen MR) is 95.3 cm³/mol. The largest absolute Gasteiger partial charge is 0.385 e. The van der Waals surface area contributed by atoms with Gasteiger partial charge in [-0.25, -0.2) is 9.97 Å². The summed E-state index contributed by atoms with van der Waals surface area (Å²) in [6, 6.07) is 3.70. The number of aliphatic hydroxyl groups is 1. The summed E-state index contributed by atoms with van der Waals surface area (Å²) < 4.78 is 1.87. The Balaban J connectivity index is 1.59. The number of aryl methyl sites for hydroxylation is 1. The first-order valence-corrected chi connectivity index (χ1v) is 8.74. The topological polar surface area (TPSA) is 83.3 Å². The van der Waals surface area contributed by atoms with Crippen molar-refractivity contribution in [1.82, 2.24) is 19.9 Å². The van der Waals surface area contributed by atoms with E-state index in [2.05, 4.69) is 20.2 Å². The van der Waals surface area contributed by atoms with Gasteiger partial charge in [0.2, 0.25) is 0 Å². The van der Waals surface area contributed by atoms with Crippen molar-refractivity contribution in [2.24, 2.45) is 13.0 Å². The number of nitrogens with one attached hydrogen (secondary N) is 1. The maximum atomic E-state index is 11.8. The van der Waals surface area contributed by atoms with Crippen molar-refractivity contribution in [1.29, 1.82) is 0 Å². The van der Waals surface area contributed by atoms with Crippen LogP contribution < -0.4 is 10.2 Å². The Morgan fingerprint density at radius 3 is 2.68 bits per heavy atom. The number of amides is 1. The third-order valence-corrected chi connectivity index (χ3v) is 4.78. The molecule has 1 saturated heterocycles.